The fourth-order valence-corrected chi connectivity index (χ4v) is 8.60. The molecule has 0 aliphatic carbocycles. The molecule has 1 amide bonds. The van der Waals surface area contributed by atoms with Crippen molar-refractivity contribution in [3.05, 3.63) is 12.2 Å². The molecular weight excluding hydrogens is 768 g/mol. The maximum atomic E-state index is 12.9. The molecule has 0 aromatic rings. The zero-order valence-corrected chi connectivity index (χ0v) is 41.6. The average Bonchev–Trinajstić information content (AvgIpc) is 3.20. The van der Waals surface area contributed by atoms with Crippen LogP contribution < -0.4 is 5.32 Å². The van der Waals surface area contributed by atoms with Crippen molar-refractivity contribution in [3.8, 4) is 0 Å². The highest BCUT2D eigenvalue weighted by Crippen LogP contribution is 2.43. The van der Waals surface area contributed by atoms with E-state index < -0.39 is 20.0 Å². The minimum absolute atomic E-state index is 0.0752. The molecule has 0 aliphatic rings. The first kappa shape index (κ1) is 59.2. The third-order valence-corrected chi connectivity index (χ3v) is 13.0. The summed E-state index contributed by atoms with van der Waals surface area (Å²) in [6.45, 7) is 4.91. The number of allylic oxidation sites excluding steroid dienone is 2. The Morgan fingerprint density at radius 3 is 1.28 bits per heavy atom. The first-order valence-electron chi connectivity index (χ1n) is 26.1. The second-order valence-corrected chi connectivity index (χ2v) is 20.7. The zero-order valence-electron chi connectivity index (χ0n) is 40.7. The highest BCUT2D eigenvalue weighted by atomic mass is 31.2. The van der Waals surface area contributed by atoms with Crippen LogP contribution in [0.5, 0.6) is 0 Å². The van der Waals surface area contributed by atoms with Crippen LogP contribution in [0.1, 0.15) is 258 Å². The molecule has 0 saturated heterocycles. The summed E-state index contributed by atoms with van der Waals surface area (Å²) in [5.41, 5.74) is 0. The molecule has 0 aliphatic heterocycles. The van der Waals surface area contributed by atoms with Crippen LogP contribution in [0.2, 0.25) is 0 Å². The number of hydrogen-bond donors (Lipinski definition) is 3. The van der Waals surface area contributed by atoms with Gasteiger partial charge in [-0.2, -0.15) is 0 Å². The Morgan fingerprint density at radius 1 is 0.550 bits per heavy atom. The SMILES string of the molecule is CCCCCCCC/C=C\CCCCCCCC(=O)NC(COP(=O)(O)OCC[N+](C)(C)C)C(O)CCCCCCCCCCCCCCCCCCCCCCCCC. The monoisotopic (exact) mass is 872 g/mol. The second-order valence-electron chi connectivity index (χ2n) is 19.3. The number of carbonyl (C=O) groups is 1. The number of aliphatic hydroxyl groups is 1. The minimum Gasteiger partial charge on any atom is -0.391 e. The number of rotatable bonds is 48. The van der Waals surface area contributed by atoms with E-state index in [0.29, 0.717) is 23.9 Å². The molecule has 0 fully saturated rings. The van der Waals surface area contributed by atoms with E-state index in [0.717, 1.165) is 51.4 Å². The summed E-state index contributed by atoms with van der Waals surface area (Å²) in [4.78, 5) is 23.2. The van der Waals surface area contributed by atoms with Crippen molar-refractivity contribution in [3.63, 3.8) is 0 Å². The number of aliphatic hydroxyl groups excluding tert-OH is 1. The van der Waals surface area contributed by atoms with Gasteiger partial charge in [-0.15, -0.1) is 0 Å². The van der Waals surface area contributed by atoms with E-state index in [1.165, 1.54) is 180 Å². The van der Waals surface area contributed by atoms with Crippen LogP contribution in [0.25, 0.3) is 0 Å². The third kappa shape index (κ3) is 45.3. The van der Waals surface area contributed by atoms with Gasteiger partial charge in [0.25, 0.3) is 0 Å². The van der Waals surface area contributed by atoms with Gasteiger partial charge < -0.3 is 19.8 Å². The maximum absolute atomic E-state index is 12.9. The minimum atomic E-state index is -4.32. The molecule has 8 nitrogen and oxygen atoms in total. The Kier molecular flexibility index (Phi) is 42.9. The zero-order chi connectivity index (χ0) is 44.3. The van der Waals surface area contributed by atoms with E-state index in [9.17, 15) is 19.4 Å². The highest BCUT2D eigenvalue weighted by molar-refractivity contribution is 7.47. The number of likely N-dealkylation sites (N-methyl/N-ethyl adjacent to an activating group) is 1. The van der Waals surface area contributed by atoms with Crippen molar-refractivity contribution in [1.29, 1.82) is 0 Å². The van der Waals surface area contributed by atoms with E-state index in [4.69, 9.17) is 9.05 Å². The van der Waals surface area contributed by atoms with Gasteiger partial charge in [-0.25, -0.2) is 4.57 Å². The lowest BCUT2D eigenvalue weighted by molar-refractivity contribution is -0.870. The summed E-state index contributed by atoms with van der Waals surface area (Å²) in [6.07, 6.45) is 51.1. The van der Waals surface area contributed by atoms with Crippen molar-refractivity contribution in [2.45, 2.75) is 270 Å². The van der Waals surface area contributed by atoms with Crippen LogP contribution in [0.15, 0.2) is 12.2 Å². The maximum Gasteiger partial charge on any atom is 0.472 e. The summed E-state index contributed by atoms with van der Waals surface area (Å²) in [6, 6.07) is -0.761. The number of unbranched alkanes of at least 4 members (excludes halogenated alkanes) is 33. The fourth-order valence-electron chi connectivity index (χ4n) is 7.87. The predicted octanol–water partition coefficient (Wildman–Crippen LogP) is 15.1. The lowest BCUT2D eigenvalue weighted by Gasteiger charge is -2.26. The number of carbonyl (C=O) groups excluding carboxylic acids is 1. The number of amides is 1. The molecule has 3 atom stereocenters. The van der Waals surface area contributed by atoms with Crippen molar-refractivity contribution < 1.29 is 32.9 Å². The molecular formula is C51H104N2O6P+. The van der Waals surface area contributed by atoms with Crippen molar-refractivity contribution in [2.24, 2.45) is 0 Å². The van der Waals surface area contributed by atoms with Crippen molar-refractivity contribution in [2.75, 3.05) is 40.9 Å². The number of nitrogens with zero attached hydrogens (tertiary/aromatic N) is 1. The molecule has 60 heavy (non-hydrogen) atoms. The van der Waals surface area contributed by atoms with Gasteiger partial charge in [0.05, 0.1) is 39.9 Å². The van der Waals surface area contributed by atoms with Gasteiger partial charge >= 0.3 is 7.82 Å². The Hall–Kier alpha value is -0.760. The molecule has 0 bridgehead atoms. The summed E-state index contributed by atoms with van der Waals surface area (Å²) in [7, 11) is 1.62. The van der Waals surface area contributed by atoms with E-state index in [2.05, 4.69) is 31.3 Å². The Morgan fingerprint density at radius 2 is 0.900 bits per heavy atom. The first-order chi connectivity index (χ1) is 29.0. The van der Waals surface area contributed by atoms with Gasteiger partial charge in [0, 0.05) is 6.42 Å². The molecule has 3 N–H and O–H groups in total. The molecule has 3 unspecified atom stereocenters. The van der Waals surface area contributed by atoms with Gasteiger partial charge in [0.15, 0.2) is 0 Å². The average molecular weight is 872 g/mol. The fraction of sp³-hybridized carbons (Fsp3) is 0.941. The lowest BCUT2D eigenvalue weighted by atomic mass is 10.0. The number of phosphoric ester groups is 1. The van der Waals surface area contributed by atoms with Crippen LogP contribution in [0.3, 0.4) is 0 Å². The molecule has 0 rings (SSSR count). The van der Waals surface area contributed by atoms with Crippen LogP contribution in [-0.2, 0) is 18.4 Å². The molecule has 0 radical (unpaired) electrons. The molecule has 0 spiro atoms. The van der Waals surface area contributed by atoms with Crippen molar-refractivity contribution in [1.82, 2.24) is 5.32 Å². The van der Waals surface area contributed by atoms with E-state index in [1.807, 2.05) is 21.1 Å². The standard InChI is InChI=1S/C51H103N2O6P/c1-6-8-10-12-14-16-18-20-22-23-24-25-26-27-28-29-31-32-34-36-38-40-42-44-50(54)49(48-59-60(56,57)58-47-46-53(3,4)5)52-51(55)45-43-41-39-37-35-33-30-21-19-17-15-13-11-9-7-2/h21,30,49-50,54H,6-20,22-29,31-48H2,1-5H3,(H-,52,55,56,57)/p+1/b30-21-. The van der Waals surface area contributed by atoms with Gasteiger partial charge in [0.1, 0.15) is 13.2 Å². The van der Waals surface area contributed by atoms with E-state index in [1.54, 1.807) is 0 Å². The third-order valence-electron chi connectivity index (χ3n) is 12.0. The molecule has 0 saturated carbocycles. The summed E-state index contributed by atoms with van der Waals surface area (Å²) in [5, 5.41) is 14.0. The topological polar surface area (TPSA) is 105 Å². The Labute approximate surface area is 373 Å². The second kappa shape index (κ2) is 43.5. The van der Waals surface area contributed by atoms with Crippen LogP contribution in [0.4, 0.5) is 0 Å². The molecule has 0 aromatic heterocycles. The lowest BCUT2D eigenvalue weighted by Crippen LogP contribution is -2.46. The summed E-state index contributed by atoms with van der Waals surface area (Å²) < 4.78 is 23.7. The van der Waals surface area contributed by atoms with E-state index >= 15 is 0 Å². The van der Waals surface area contributed by atoms with E-state index in [-0.39, 0.29) is 19.1 Å². The molecule has 358 valence electrons. The summed E-state index contributed by atoms with van der Waals surface area (Å²) >= 11 is 0. The smallest absolute Gasteiger partial charge is 0.391 e. The number of nitrogens with one attached hydrogen (secondary N) is 1. The van der Waals surface area contributed by atoms with Gasteiger partial charge in [0.2, 0.25) is 5.91 Å². The summed E-state index contributed by atoms with van der Waals surface area (Å²) in [5.74, 6) is -0.150. The number of phosphoric acid groups is 1. The number of quaternary nitrogens is 1. The predicted molar refractivity (Wildman–Crippen MR) is 259 cm³/mol. The molecule has 9 heteroatoms. The van der Waals surface area contributed by atoms with Gasteiger partial charge in [-0.1, -0.05) is 225 Å². The highest BCUT2D eigenvalue weighted by Gasteiger charge is 2.28. The van der Waals surface area contributed by atoms with Crippen LogP contribution >= 0.6 is 7.82 Å². The number of hydrogen-bond acceptors (Lipinski definition) is 5. The largest absolute Gasteiger partial charge is 0.472 e. The quantitative estimate of drug-likeness (QED) is 0.0243. The van der Waals surface area contributed by atoms with Crippen LogP contribution in [-0.4, -0.2) is 73.4 Å². The normalized spacial score (nSPS) is 14.2. The Balaban J connectivity index is 4.20. The first-order valence-corrected chi connectivity index (χ1v) is 27.5. The molecule has 0 aromatic carbocycles. The van der Waals surface area contributed by atoms with Crippen molar-refractivity contribution >= 4 is 13.7 Å². The van der Waals surface area contributed by atoms with Gasteiger partial charge in [-0.3, -0.25) is 13.8 Å². The Bertz CT molecular complexity index is 989. The van der Waals surface area contributed by atoms with Crippen LogP contribution in [0, 0.1) is 0 Å². The molecule has 0 heterocycles. The van der Waals surface area contributed by atoms with Gasteiger partial charge in [-0.05, 0) is 38.5 Å².